The van der Waals surface area contributed by atoms with E-state index in [0.29, 0.717) is 16.5 Å². The summed E-state index contributed by atoms with van der Waals surface area (Å²) in [4.78, 5) is 22.6. The monoisotopic (exact) mass is 418 g/mol. The summed E-state index contributed by atoms with van der Waals surface area (Å²) in [6, 6.07) is 9.08. The fourth-order valence-electron chi connectivity index (χ4n) is 2.52. The average molecular weight is 419 g/mol. The lowest BCUT2D eigenvalue weighted by molar-refractivity contribution is -0.144. The topological polar surface area (TPSA) is 71.1 Å². The van der Waals surface area contributed by atoms with Gasteiger partial charge in [-0.3, -0.25) is 0 Å². The molecule has 0 aliphatic carbocycles. The van der Waals surface area contributed by atoms with Crippen LogP contribution in [-0.4, -0.2) is 37.4 Å². The van der Waals surface area contributed by atoms with Crippen molar-refractivity contribution in [1.82, 2.24) is 0 Å². The second-order valence-electron chi connectivity index (χ2n) is 6.26. The predicted molar refractivity (Wildman–Crippen MR) is 111 cm³/mol. The molecule has 0 fully saturated rings. The maximum atomic E-state index is 11.3. The van der Waals surface area contributed by atoms with E-state index >= 15 is 0 Å². The van der Waals surface area contributed by atoms with Crippen LogP contribution in [0.25, 0.3) is 10.8 Å². The first-order chi connectivity index (χ1) is 13.8. The Morgan fingerprint density at radius 3 is 2.03 bits per heavy atom. The van der Waals surface area contributed by atoms with E-state index in [9.17, 15) is 9.59 Å². The normalized spacial score (nSPS) is 12.5. The minimum Gasteiger partial charge on any atom is -0.489 e. The van der Waals surface area contributed by atoms with Crippen LogP contribution < -0.4 is 9.47 Å². The van der Waals surface area contributed by atoms with Gasteiger partial charge in [0.05, 0.1) is 5.02 Å². The molecule has 0 amide bonds. The van der Waals surface area contributed by atoms with E-state index < -0.39 is 24.1 Å². The number of hydrogen-bond acceptors (Lipinski definition) is 6. The first-order valence-electron chi connectivity index (χ1n) is 8.98. The summed E-state index contributed by atoms with van der Waals surface area (Å²) in [5.74, 6) is -0.0427. The van der Waals surface area contributed by atoms with Crippen molar-refractivity contribution in [3.05, 3.63) is 60.7 Å². The van der Waals surface area contributed by atoms with Gasteiger partial charge in [-0.05, 0) is 13.8 Å². The Hall–Kier alpha value is -2.99. The van der Waals surface area contributed by atoms with Crippen molar-refractivity contribution in [2.24, 2.45) is 0 Å². The Kier molecular flexibility index (Phi) is 8.09. The molecule has 0 spiro atoms. The van der Waals surface area contributed by atoms with E-state index in [2.05, 4.69) is 13.2 Å². The number of esters is 2. The van der Waals surface area contributed by atoms with Gasteiger partial charge in [0.2, 0.25) is 0 Å². The van der Waals surface area contributed by atoms with Crippen molar-refractivity contribution in [3.8, 4) is 11.5 Å². The van der Waals surface area contributed by atoms with Crippen molar-refractivity contribution in [1.29, 1.82) is 0 Å². The highest BCUT2D eigenvalue weighted by Crippen LogP contribution is 2.39. The predicted octanol–water partition coefficient (Wildman–Crippen LogP) is 4.49. The Labute approximate surface area is 174 Å². The van der Waals surface area contributed by atoms with Gasteiger partial charge in [-0.25, -0.2) is 9.59 Å². The molecule has 6 nitrogen and oxygen atoms in total. The molecule has 2 aromatic carbocycles. The molecular weight excluding hydrogens is 396 g/mol. The highest BCUT2D eigenvalue weighted by atomic mass is 35.5. The van der Waals surface area contributed by atoms with Crippen LogP contribution in [0.1, 0.15) is 13.8 Å². The molecule has 0 N–H and O–H groups in total. The molecule has 0 heterocycles. The molecule has 0 aromatic heterocycles. The van der Waals surface area contributed by atoms with E-state index in [-0.39, 0.29) is 13.2 Å². The van der Waals surface area contributed by atoms with Gasteiger partial charge in [-0.1, -0.05) is 49.0 Å². The molecule has 0 saturated heterocycles. The van der Waals surface area contributed by atoms with Crippen LogP contribution in [0.4, 0.5) is 0 Å². The highest BCUT2D eigenvalue weighted by Gasteiger charge is 2.16. The van der Waals surface area contributed by atoms with Gasteiger partial charge >= 0.3 is 11.9 Å². The summed E-state index contributed by atoms with van der Waals surface area (Å²) in [5, 5.41) is 1.87. The third-order valence-corrected chi connectivity index (χ3v) is 4.10. The Morgan fingerprint density at radius 1 is 0.966 bits per heavy atom. The summed E-state index contributed by atoms with van der Waals surface area (Å²) in [7, 11) is 0. The Bertz CT molecular complexity index is 908. The maximum Gasteiger partial charge on any atom is 0.330 e. The highest BCUT2D eigenvalue weighted by molar-refractivity contribution is 6.33. The van der Waals surface area contributed by atoms with E-state index in [1.165, 1.54) is 0 Å². The number of fused-ring (bicyclic) bond motifs is 1. The van der Waals surface area contributed by atoms with Crippen molar-refractivity contribution < 1.29 is 28.5 Å². The number of ether oxygens (including phenoxy) is 4. The molecule has 0 bridgehead atoms. The van der Waals surface area contributed by atoms with Gasteiger partial charge in [0.1, 0.15) is 36.9 Å². The van der Waals surface area contributed by atoms with Crippen LogP contribution in [0.5, 0.6) is 11.5 Å². The molecule has 154 valence electrons. The maximum absolute atomic E-state index is 11.3. The van der Waals surface area contributed by atoms with Crippen LogP contribution in [0.15, 0.2) is 55.6 Å². The third-order valence-electron chi connectivity index (χ3n) is 3.82. The van der Waals surface area contributed by atoms with E-state index in [1.54, 1.807) is 19.9 Å². The fraction of sp³-hybridized carbons (Fsp3) is 0.273. The zero-order chi connectivity index (χ0) is 21.4. The number of benzene rings is 2. The van der Waals surface area contributed by atoms with Crippen LogP contribution in [0, 0.1) is 0 Å². The van der Waals surface area contributed by atoms with Crippen LogP contribution in [0.3, 0.4) is 0 Å². The SMILES string of the molecule is C=CC(=O)OC(C)COc1cc(Cl)c(OCC(C)OC(=O)C=C)c2ccccc12. The first-order valence-corrected chi connectivity index (χ1v) is 9.36. The summed E-state index contributed by atoms with van der Waals surface area (Å²) >= 11 is 6.42. The number of rotatable bonds is 10. The smallest absolute Gasteiger partial charge is 0.330 e. The fourth-order valence-corrected chi connectivity index (χ4v) is 2.77. The first kappa shape index (κ1) is 22.3. The molecule has 0 radical (unpaired) electrons. The molecule has 2 atom stereocenters. The van der Waals surface area contributed by atoms with Crippen molar-refractivity contribution in [3.63, 3.8) is 0 Å². The molecule has 2 aromatic rings. The van der Waals surface area contributed by atoms with Gasteiger partial charge in [0.15, 0.2) is 0 Å². The molecule has 7 heteroatoms. The average Bonchev–Trinajstić information content (AvgIpc) is 2.71. The van der Waals surface area contributed by atoms with Gasteiger partial charge in [0.25, 0.3) is 0 Å². The zero-order valence-corrected chi connectivity index (χ0v) is 17.1. The van der Waals surface area contributed by atoms with E-state index in [1.807, 2.05) is 24.3 Å². The molecule has 2 unspecified atom stereocenters. The lowest BCUT2D eigenvalue weighted by Gasteiger charge is -2.18. The van der Waals surface area contributed by atoms with Crippen LogP contribution in [0.2, 0.25) is 5.02 Å². The van der Waals surface area contributed by atoms with Gasteiger partial charge < -0.3 is 18.9 Å². The summed E-state index contributed by atoms with van der Waals surface area (Å²) in [6.45, 7) is 10.4. The van der Waals surface area contributed by atoms with Crippen LogP contribution in [-0.2, 0) is 19.1 Å². The van der Waals surface area contributed by atoms with Crippen LogP contribution >= 0.6 is 11.6 Å². The molecule has 0 aliphatic rings. The lowest BCUT2D eigenvalue weighted by atomic mass is 10.1. The molecular formula is C22H23ClO6. The largest absolute Gasteiger partial charge is 0.489 e. The molecule has 29 heavy (non-hydrogen) atoms. The van der Waals surface area contributed by atoms with Crippen molar-refractivity contribution >= 4 is 34.3 Å². The Morgan fingerprint density at radius 2 is 1.48 bits per heavy atom. The number of carbonyl (C=O) groups is 2. The van der Waals surface area contributed by atoms with Gasteiger partial charge in [-0.2, -0.15) is 0 Å². The summed E-state index contributed by atoms with van der Waals surface area (Å²) < 4.78 is 21.9. The van der Waals surface area contributed by atoms with Gasteiger partial charge in [-0.15, -0.1) is 0 Å². The minimum absolute atomic E-state index is 0.123. The zero-order valence-electron chi connectivity index (χ0n) is 16.4. The second-order valence-corrected chi connectivity index (χ2v) is 6.66. The van der Waals surface area contributed by atoms with Crippen molar-refractivity contribution in [2.75, 3.05) is 13.2 Å². The lowest BCUT2D eigenvalue weighted by Crippen LogP contribution is -2.21. The molecule has 0 saturated carbocycles. The summed E-state index contributed by atoms with van der Waals surface area (Å²) in [6.07, 6.45) is 1.25. The number of carbonyl (C=O) groups excluding carboxylic acids is 2. The quantitative estimate of drug-likeness (QED) is 0.418. The number of hydrogen-bond donors (Lipinski definition) is 0. The minimum atomic E-state index is -0.521. The molecule has 2 rings (SSSR count). The van der Waals surface area contributed by atoms with Crippen molar-refractivity contribution in [2.45, 2.75) is 26.1 Å². The van der Waals surface area contributed by atoms with Gasteiger partial charge in [0, 0.05) is 29.0 Å². The second kappa shape index (κ2) is 10.5. The third kappa shape index (κ3) is 6.26. The standard InChI is InChI=1S/C22H23ClO6/c1-5-20(24)28-14(3)12-26-19-11-18(23)22(17-10-8-7-9-16(17)19)27-13-15(4)29-21(25)6-2/h5-11,14-15H,1-2,12-13H2,3-4H3. The van der Waals surface area contributed by atoms with E-state index in [0.717, 1.165) is 22.9 Å². The van der Waals surface area contributed by atoms with E-state index in [4.69, 9.17) is 30.5 Å². The summed E-state index contributed by atoms with van der Waals surface area (Å²) in [5.41, 5.74) is 0. The number of halogens is 1. The Balaban J connectivity index is 2.18. The molecule has 0 aliphatic heterocycles.